The minimum atomic E-state index is 0.134. The van der Waals surface area contributed by atoms with Crippen molar-refractivity contribution in [2.75, 3.05) is 31.6 Å². The number of nitrogens with one attached hydrogen (secondary N) is 1. The van der Waals surface area contributed by atoms with Gasteiger partial charge in [-0.15, -0.1) is 0 Å². The first kappa shape index (κ1) is 12.5. The molecule has 0 spiro atoms. The Labute approximate surface area is 113 Å². The van der Waals surface area contributed by atoms with E-state index < -0.39 is 0 Å². The molecular weight excluding hydrogens is 240 g/mol. The normalized spacial score (nSPS) is 21.3. The second-order valence-electron chi connectivity index (χ2n) is 5.47. The van der Waals surface area contributed by atoms with E-state index in [-0.39, 0.29) is 12.5 Å². The van der Waals surface area contributed by atoms with Crippen LogP contribution in [0.3, 0.4) is 0 Å². The molecule has 4 nitrogen and oxygen atoms in total. The highest BCUT2D eigenvalue weighted by Crippen LogP contribution is 2.25. The summed E-state index contributed by atoms with van der Waals surface area (Å²) in [5, 5.41) is 12.3. The summed E-state index contributed by atoms with van der Waals surface area (Å²) in [5.41, 5.74) is 3.21. The Morgan fingerprint density at radius 1 is 1.47 bits per heavy atom. The smallest absolute Gasteiger partial charge is 0.253 e. The number of likely N-dealkylation sites (tertiary alicyclic amines) is 1. The number of aliphatic hydroxyl groups is 1. The van der Waals surface area contributed by atoms with Crippen molar-refractivity contribution in [3.8, 4) is 0 Å². The molecule has 0 bridgehead atoms. The Balaban J connectivity index is 1.71. The number of anilines is 1. The summed E-state index contributed by atoms with van der Waals surface area (Å²) in [4.78, 5) is 14.4. The molecule has 2 heterocycles. The zero-order valence-electron chi connectivity index (χ0n) is 11.1. The van der Waals surface area contributed by atoms with Crippen LogP contribution in [0.15, 0.2) is 18.2 Å². The van der Waals surface area contributed by atoms with Gasteiger partial charge >= 0.3 is 0 Å². The second kappa shape index (κ2) is 5.21. The molecule has 2 aliphatic rings. The van der Waals surface area contributed by atoms with E-state index in [9.17, 15) is 4.79 Å². The number of fused-ring (bicyclic) bond motifs is 1. The highest BCUT2D eigenvalue weighted by atomic mass is 16.3. The highest BCUT2D eigenvalue weighted by Gasteiger charge is 2.27. The molecule has 19 heavy (non-hydrogen) atoms. The molecular formula is C15H20N2O2. The fraction of sp³-hybridized carbons (Fsp3) is 0.533. The standard InChI is InChI=1S/C15H20N2O2/c18-8-5-11-4-7-17(10-11)15(19)13-1-2-14-12(9-13)3-6-16-14/h1-2,9,11,16,18H,3-8,10H2. The maximum Gasteiger partial charge on any atom is 0.253 e. The quantitative estimate of drug-likeness (QED) is 0.866. The van der Waals surface area contributed by atoms with Gasteiger partial charge in [0.15, 0.2) is 0 Å². The van der Waals surface area contributed by atoms with E-state index in [0.717, 1.165) is 50.1 Å². The molecule has 0 saturated carbocycles. The number of hydrogen-bond donors (Lipinski definition) is 2. The molecule has 3 rings (SSSR count). The predicted molar refractivity (Wildman–Crippen MR) is 74.3 cm³/mol. The number of carbonyl (C=O) groups excluding carboxylic acids is 1. The molecule has 1 aromatic rings. The molecule has 4 heteroatoms. The third kappa shape index (κ3) is 2.45. The summed E-state index contributed by atoms with van der Waals surface area (Å²) in [7, 11) is 0. The van der Waals surface area contributed by atoms with E-state index >= 15 is 0 Å². The van der Waals surface area contributed by atoms with E-state index in [4.69, 9.17) is 5.11 Å². The lowest BCUT2D eigenvalue weighted by Gasteiger charge is -2.17. The van der Waals surface area contributed by atoms with Gasteiger partial charge in [0.1, 0.15) is 0 Å². The maximum atomic E-state index is 12.4. The van der Waals surface area contributed by atoms with E-state index in [1.54, 1.807) is 0 Å². The number of rotatable bonds is 3. The summed E-state index contributed by atoms with van der Waals surface area (Å²) in [5.74, 6) is 0.597. The number of amides is 1. The number of nitrogens with zero attached hydrogens (tertiary/aromatic N) is 1. The minimum Gasteiger partial charge on any atom is -0.396 e. The second-order valence-corrected chi connectivity index (χ2v) is 5.47. The van der Waals surface area contributed by atoms with Gasteiger partial charge in [-0.3, -0.25) is 4.79 Å². The SMILES string of the molecule is O=C(c1ccc2c(c1)CCN2)N1CCC(CCO)C1. The van der Waals surface area contributed by atoms with Gasteiger partial charge in [0.2, 0.25) is 0 Å². The molecule has 0 radical (unpaired) electrons. The van der Waals surface area contributed by atoms with Crippen molar-refractivity contribution in [1.82, 2.24) is 4.90 Å². The van der Waals surface area contributed by atoms with Crippen LogP contribution in [0.4, 0.5) is 5.69 Å². The lowest BCUT2D eigenvalue weighted by Crippen LogP contribution is -2.28. The van der Waals surface area contributed by atoms with Gasteiger partial charge in [0.05, 0.1) is 0 Å². The van der Waals surface area contributed by atoms with E-state index in [2.05, 4.69) is 5.32 Å². The first-order valence-corrected chi connectivity index (χ1v) is 7.05. The van der Waals surface area contributed by atoms with Gasteiger partial charge in [-0.1, -0.05) is 0 Å². The summed E-state index contributed by atoms with van der Waals surface area (Å²) in [6.07, 6.45) is 2.82. The molecule has 1 aromatic carbocycles. The average molecular weight is 260 g/mol. The van der Waals surface area contributed by atoms with E-state index in [1.165, 1.54) is 5.56 Å². The molecule has 1 amide bonds. The van der Waals surface area contributed by atoms with Crippen molar-refractivity contribution >= 4 is 11.6 Å². The first-order chi connectivity index (χ1) is 9.28. The highest BCUT2D eigenvalue weighted by molar-refractivity contribution is 5.95. The van der Waals surface area contributed by atoms with Crippen LogP contribution in [0.5, 0.6) is 0 Å². The Bertz CT molecular complexity index is 487. The number of hydrogen-bond acceptors (Lipinski definition) is 3. The van der Waals surface area contributed by atoms with Crippen LogP contribution in [-0.4, -0.2) is 42.2 Å². The van der Waals surface area contributed by atoms with Crippen molar-refractivity contribution in [1.29, 1.82) is 0 Å². The molecule has 1 saturated heterocycles. The molecule has 1 atom stereocenters. The summed E-state index contributed by atoms with van der Waals surface area (Å²) >= 11 is 0. The van der Waals surface area contributed by atoms with Crippen LogP contribution < -0.4 is 5.32 Å². The zero-order valence-corrected chi connectivity index (χ0v) is 11.1. The topological polar surface area (TPSA) is 52.6 Å². The lowest BCUT2D eigenvalue weighted by atomic mass is 10.1. The Hall–Kier alpha value is -1.55. The van der Waals surface area contributed by atoms with Crippen LogP contribution in [0.2, 0.25) is 0 Å². The Morgan fingerprint density at radius 2 is 2.37 bits per heavy atom. The Kier molecular flexibility index (Phi) is 3.42. The largest absolute Gasteiger partial charge is 0.396 e. The van der Waals surface area contributed by atoms with Gasteiger partial charge in [0, 0.05) is 37.5 Å². The van der Waals surface area contributed by atoms with Gasteiger partial charge in [-0.2, -0.15) is 0 Å². The number of aliphatic hydroxyl groups excluding tert-OH is 1. The van der Waals surface area contributed by atoms with Crippen molar-refractivity contribution < 1.29 is 9.90 Å². The number of carbonyl (C=O) groups is 1. The first-order valence-electron chi connectivity index (χ1n) is 7.05. The summed E-state index contributed by atoms with van der Waals surface area (Å²) in [6.45, 7) is 2.79. The molecule has 102 valence electrons. The van der Waals surface area contributed by atoms with Crippen molar-refractivity contribution in [3.63, 3.8) is 0 Å². The van der Waals surface area contributed by atoms with Crippen molar-refractivity contribution in [3.05, 3.63) is 29.3 Å². The summed E-state index contributed by atoms with van der Waals surface area (Å²) in [6, 6.07) is 5.95. The van der Waals surface area contributed by atoms with Gasteiger partial charge in [0.25, 0.3) is 5.91 Å². The summed E-state index contributed by atoms with van der Waals surface area (Å²) < 4.78 is 0. The van der Waals surface area contributed by atoms with Crippen LogP contribution in [0.1, 0.15) is 28.8 Å². The van der Waals surface area contributed by atoms with Crippen molar-refractivity contribution in [2.45, 2.75) is 19.3 Å². The third-order valence-corrected chi connectivity index (χ3v) is 4.17. The van der Waals surface area contributed by atoms with Crippen molar-refractivity contribution in [2.24, 2.45) is 5.92 Å². The monoisotopic (exact) mass is 260 g/mol. The molecule has 1 fully saturated rings. The molecule has 2 aliphatic heterocycles. The predicted octanol–water partition coefficient (Wildman–Crippen LogP) is 1.50. The van der Waals surface area contributed by atoms with Crippen LogP contribution >= 0.6 is 0 Å². The molecule has 0 aromatic heterocycles. The van der Waals surface area contributed by atoms with E-state index in [0.29, 0.717) is 5.92 Å². The lowest BCUT2D eigenvalue weighted by molar-refractivity contribution is 0.0784. The van der Waals surface area contributed by atoms with Gasteiger partial charge < -0.3 is 15.3 Å². The van der Waals surface area contributed by atoms with Gasteiger partial charge in [-0.25, -0.2) is 0 Å². The maximum absolute atomic E-state index is 12.4. The van der Waals surface area contributed by atoms with Crippen LogP contribution in [0, 0.1) is 5.92 Å². The van der Waals surface area contributed by atoms with Gasteiger partial charge in [-0.05, 0) is 48.9 Å². The zero-order chi connectivity index (χ0) is 13.2. The van der Waals surface area contributed by atoms with Crippen LogP contribution in [-0.2, 0) is 6.42 Å². The molecule has 2 N–H and O–H groups in total. The third-order valence-electron chi connectivity index (χ3n) is 4.17. The Morgan fingerprint density at radius 3 is 3.21 bits per heavy atom. The molecule has 1 unspecified atom stereocenters. The minimum absolute atomic E-state index is 0.134. The average Bonchev–Trinajstić information content (AvgIpc) is 3.05. The molecule has 0 aliphatic carbocycles. The fourth-order valence-electron chi connectivity index (χ4n) is 3.06. The fourth-order valence-corrected chi connectivity index (χ4v) is 3.06. The van der Waals surface area contributed by atoms with E-state index in [1.807, 2.05) is 23.1 Å². The van der Waals surface area contributed by atoms with Crippen LogP contribution in [0.25, 0.3) is 0 Å². The number of benzene rings is 1.